The second-order valence-corrected chi connectivity index (χ2v) is 6.21. The van der Waals surface area contributed by atoms with Crippen molar-refractivity contribution in [2.45, 2.75) is 25.3 Å². The Morgan fingerprint density at radius 3 is 2.30 bits per heavy atom. The van der Waals surface area contributed by atoms with Gasteiger partial charge < -0.3 is 5.73 Å². The molecule has 0 spiro atoms. The fraction of sp³-hybridized carbons (Fsp3) is 0.250. The average Bonchev–Trinajstić information content (AvgIpc) is 2.35. The summed E-state index contributed by atoms with van der Waals surface area (Å²) in [7, 11) is 0. The van der Waals surface area contributed by atoms with E-state index in [1.165, 1.54) is 12.1 Å². The van der Waals surface area contributed by atoms with Gasteiger partial charge in [0.15, 0.2) is 0 Å². The normalized spacial score (nSPS) is 14.1. The van der Waals surface area contributed by atoms with Crippen LogP contribution in [0.2, 0.25) is 10.0 Å². The molecule has 0 amide bonds. The first-order chi connectivity index (χ1) is 9.35. The molecule has 2 N–H and O–H groups in total. The predicted molar refractivity (Wildman–Crippen MR) is 82.9 cm³/mol. The maximum absolute atomic E-state index is 12.9. The molecule has 0 fully saturated rings. The van der Waals surface area contributed by atoms with E-state index in [0.29, 0.717) is 22.9 Å². The standard InChI is InChI=1S/C16H16Cl2FN/c1-16(20,9-11-2-6-14(19)7-3-11)10-12-4-5-13(17)8-15(12)18/h2-8H,9-10,20H2,1H3. The van der Waals surface area contributed by atoms with Gasteiger partial charge in [0.05, 0.1) is 0 Å². The van der Waals surface area contributed by atoms with Gasteiger partial charge in [0.2, 0.25) is 0 Å². The van der Waals surface area contributed by atoms with Crippen LogP contribution in [0, 0.1) is 5.82 Å². The molecule has 106 valence electrons. The zero-order chi connectivity index (χ0) is 14.8. The van der Waals surface area contributed by atoms with Crippen molar-refractivity contribution in [1.82, 2.24) is 0 Å². The van der Waals surface area contributed by atoms with Crippen molar-refractivity contribution in [1.29, 1.82) is 0 Å². The zero-order valence-electron chi connectivity index (χ0n) is 11.2. The summed E-state index contributed by atoms with van der Waals surface area (Å²) >= 11 is 12.1. The summed E-state index contributed by atoms with van der Waals surface area (Å²) in [4.78, 5) is 0. The van der Waals surface area contributed by atoms with Crippen molar-refractivity contribution in [3.8, 4) is 0 Å². The molecule has 0 saturated carbocycles. The number of nitrogens with two attached hydrogens (primary N) is 1. The molecule has 0 bridgehead atoms. The zero-order valence-corrected chi connectivity index (χ0v) is 12.7. The Bertz CT molecular complexity index is 594. The van der Waals surface area contributed by atoms with Gasteiger partial charge in [-0.2, -0.15) is 0 Å². The average molecular weight is 312 g/mol. The minimum absolute atomic E-state index is 0.242. The third-order valence-corrected chi connectivity index (χ3v) is 3.72. The Labute approximate surface area is 128 Å². The van der Waals surface area contributed by atoms with E-state index in [1.807, 2.05) is 13.0 Å². The second kappa shape index (κ2) is 6.13. The van der Waals surface area contributed by atoms with Gasteiger partial charge in [0, 0.05) is 15.6 Å². The van der Waals surface area contributed by atoms with Crippen LogP contribution in [0.15, 0.2) is 42.5 Å². The molecule has 1 unspecified atom stereocenters. The quantitative estimate of drug-likeness (QED) is 0.875. The first-order valence-corrected chi connectivity index (χ1v) is 7.09. The highest BCUT2D eigenvalue weighted by molar-refractivity contribution is 6.35. The molecule has 1 nitrogen and oxygen atoms in total. The summed E-state index contributed by atoms with van der Waals surface area (Å²) in [6.07, 6.45) is 1.27. The fourth-order valence-corrected chi connectivity index (χ4v) is 2.71. The molecule has 2 aromatic rings. The van der Waals surface area contributed by atoms with E-state index in [0.717, 1.165) is 11.1 Å². The van der Waals surface area contributed by atoms with E-state index in [4.69, 9.17) is 28.9 Å². The van der Waals surface area contributed by atoms with Crippen LogP contribution in [0.4, 0.5) is 4.39 Å². The highest BCUT2D eigenvalue weighted by Gasteiger charge is 2.21. The molecule has 1 atom stereocenters. The van der Waals surface area contributed by atoms with Gasteiger partial charge in [-0.25, -0.2) is 4.39 Å². The van der Waals surface area contributed by atoms with E-state index in [9.17, 15) is 4.39 Å². The largest absolute Gasteiger partial charge is 0.325 e. The van der Waals surface area contributed by atoms with Crippen molar-refractivity contribution in [3.63, 3.8) is 0 Å². The lowest BCUT2D eigenvalue weighted by molar-refractivity contribution is 0.462. The highest BCUT2D eigenvalue weighted by atomic mass is 35.5. The Kier molecular flexibility index (Phi) is 4.69. The van der Waals surface area contributed by atoms with Gasteiger partial charge in [-0.3, -0.25) is 0 Å². The Balaban J connectivity index is 2.12. The molecule has 20 heavy (non-hydrogen) atoms. The fourth-order valence-electron chi connectivity index (χ4n) is 2.23. The lowest BCUT2D eigenvalue weighted by Gasteiger charge is -2.25. The highest BCUT2D eigenvalue weighted by Crippen LogP contribution is 2.25. The summed E-state index contributed by atoms with van der Waals surface area (Å²) in [5, 5.41) is 1.23. The lowest BCUT2D eigenvalue weighted by Crippen LogP contribution is -2.41. The van der Waals surface area contributed by atoms with Crippen LogP contribution >= 0.6 is 23.2 Å². The van der Waals surface area contributed by atoms with Crippen LogP contribution in [0.3, 0.4) is 0 Å². The van der Waals surface area contributed by atoms with Gasteiger partial charge >= 0.3 is 0 Å². The molecular formula is C16H16Cl2FN. The van der Waals surface area contributed by atoms with Crippen molar-refractivity contribution in [2.24, 2.45) is 5.73 Å². The number of hydrogen-bond acceptors (Lipinski definition) is 1. The maximum Gasteiger partial charge on any atom is 0.123 e. The Hall–Kier alpha value is -1.09. The summed E-state index contributed by atoms with van der Waals surface area (Å²) in [6.45, 7) is 1.96. The summed E-state index contributed by atoms with van der Waals surface area (Å²) in [5.74, 6) is -0.242. The van der Waals surface area contributed by atoms with E-state index in [1.54, 1.807) is 24.3 Å². The van der Waals surface area contributed by atoms with E-state index in [-0.39, 0.29) is 5.82 Å². The Morgan fingerprint density at radius 1 is 1.05 bits per heavy atom. The molecule has 0 aliphatic heterocycles. The molecule has 2 aromatic carbocycles. The van der Waals surface area contributed by atoms with Crippen LogP contribution in [-0.4, -0.2) is 5.54 Å². The van der Waals surface area contributed by atoms with Crippen LogP contribution in [0.1, 0.15) is 18.1 Å². The summed E-state index contributed by atoms with van der Waals surface area (Å²) in [5.41, 5.74) is 7.84. The topological polar surface area (TPSA) is 26.0 Å². The minimum Gasteiger partial charge on any atom is -0.325 e. The van der Waals surface area contributed by atoms with Crippen LogP contribution in [0.5, 0.6) is 0 Å². The van der Waals surface area contributed by atoms with E-state index < -0.39 is 5.54 Å². The summed E-state index contributed by atoms with van der Waals surface area (Å²) in [6, 6.07) is 11.8. The van der Waals surface area contributed by atoms with Crippen LogP contribution in [-0.2, 0) is 12.8 Å². The van der Waals surface area contributed by atoms with Crippen molar-refractivity contribution < 1.29 is 4.39 Å². The number of benzene rings is 2. The predicted octanol–water partition coefficient (Wildman–Crippen LogP) is 4.64. The van der Waals surface area contributed by atoms with Gasteiger partial charge in [0.25, 0.3) is 0 Å². The number of halogens is 3. The molecule has 0 saturated heterocycles. The van der Waals surface area contributed by atoms with Gasteiger partial charge in [0.1, 0.15) is 5.82 Å². The van der Waals surface area contributed by atoms with Gasteiger partial charge in [-0.15, -0.1) is 0 Å². The van der Waals surface area contributed by atoms with Crippen molar-refractivity contribution >= 4 is 23.2 Å². The maximum atomic E-state index is 12.9. The molecule has 0 aromatic heterocycles. The molecule has 0 aliphatic carbocycles. The Morgan fingerprint density at radius 2 is 1.70 bits per heavy atom. The van der Waals surface area contributed by atoms with Crippen LogP contribution in [0.25, 0.3) is 0 Å². The molecule has 0 aliphatic rings. The first-order valence-electron chi connectivity index (χ1n) is 6.33. The lowest BCUT2D eigenvalue weighted by atomic mass is 9.87. The number of hydrogen-bond donors (Lipinski definition) is 1. The van der Waals surface area contributed by atoms with Crippen LogP contribution < -0.4 is 5.73 Å². The van der Waals surface area contributed by atoms with Crippen molar-refractivity contribution in [2.75, 3.05) is 0 Å². The third-order valence-electron chi connectivity index (χ3n) is 3.13. The van der Waals surface area contributed by atoms with E-state index in [2.05, 4.69) is 0 Å². The second-order valence-electron chi connectivity index (χ2n) is 5.37. The van der Waals surface area contributed by atoms with Gasteiger partial charge in [-0.1, -0.05) is 41.4 Å². The molecule has 0 radical (unpaired) electrons. The number of rotatable bonds is 4. The molecule has 4 heteroatoms. The van der Waals surface area contributed by atoms with E-state index >= 15 is 0 Å². The molecule has 2 rings (SSSR count). The SMILES string of the molecule is CC(N)(Cc1ccc(F)cc1)Cc1ccc(Cl)cc1Cl. The first kappa shape index (κ1) is 15.3. The van der Waals surface area contributed by atoms with Crippen molar-refractivity contribution in [3.05, 3.63) is 69.5 Å². The van der Waals surface area contributed by atoms with Gasteiger partial charge in [-0.05, 0) is 55.2 Å². The molecule has 0 heterocycles. The summed E-state index contributed by atoms with van der Waals surface area (Å²) < 4.78 is 12.9. The smallest absolute Gasteiger partial charge is 0.123 e. The monoisotopic (exact) mass is 311 g/mol. The molecular weight excluding hydrogens is 296 g/mol. The minimum atomic E-state index is -0.463. The third kappa shape index (κ3) is 4.20.